The molecule has 7 heteroatoms. The Bertz CT molecular complexity index is 435. The van der Waals surface area contributed by atoms with Gasteiger partial charge >= 0.3 is 0 Å². The van der Waals surface area contributed by atoms with Crippen molar-refractivity contribution < 1.29 is 13.5 Å². The number of nitrogens with two attached hydrogens (primary N) is 1. The van der Waals surface area contributed by atoms with Gasteiger partial charge in [0.15, 0.2) is 0 Å². The summed E-state index contributed by atoms with van der Waals surface area (Å²) in [6, 6.07) is 6.63. The average molecular weight is 251 g/mol. The first kappa shape index (κ1) is 12.4. The zero-order valence-electron chi connectivity index (χ0n) is 7.72. The van der Waals surface area contributed by atoms with Gasteiger partial charge in [-0.2, -0.15) is 13.1 Å². The lowest BCUT2D eigenvalue weighted by molar-refractivity contribution is 0.182. The Labute approximate surface area is 93.0 Å². The van der Waals surface area contributed by atoms with Gasteiger partial charge in [-0.1, -0.05) is 29.8 Å². The highest BCUT2D eigenvalue weighted by atomic mass is 35.5. The quantitative estimate of drug-likeness (QED) is 0.711. The van der Waals surface area contributed by atoms with E-state index in [1.807, 2.05) is 4.72 Å². The van der Waals surface area contributed by atoms with E-state index in [4.69, 9.17) is 16.7 Å². The summed E-state index contributed by atoms with van der Waals surface area (Å²) >= 11 is 5.80. The molecule has 1 unspecified atom stereocenters. The Hall–Kier alpha value is -0.660. The third-order valence-electron chi connectivity index (χ3n) is 1.74. The molecule has 1 aromatic rings. The van der Waals surface area contributed by atoms with Crippen molar-refractivity contribution in [2.45, 2.75) is 6.10 Å². The summed E-state index contributed by atoms with van der Waals surface area (Å²) in [6.45, 7) is -0.206. The molecule has 0 aromatic heterocycles. The van der Waals surface area contributed by atoms with E-state index in [1.54, 1.807) is 24.3 Å². The number of benzene rings is 1. The molecule has 0 aliphatic rings. The topological polar surface area (TPSA) is 92.4 Å². The minimum Gasteiger partial charge on any atom is -0.387 e. The highest BCUT2D eigenvalue weighted by molar-refractivity contribution is 7.87. The normalized spacial score (nSPS) is 13.8. The molecule has 1 aromatic carbocycles. The van der Waals surface area contributed by atoms with Crippen molar-refractivity contribution in [3.8, 4) is 0 Å². The second-order valence-corrected chi connectivity index (χ2v) is 4.72. The lowest BCUT2D eigenvalue weighted by Crippen LogP contribution is -2.34. The first-order valence-electron chi connectivity index (χ1n) is 4.10. The SMILES string of the molecule is NS(=O)(=O)NCC(O)c1ccccc1Cl. The summed E-state index contributed by atoms with van der Waals surface area (Å²) in [5, 5.41) is 14.7. The molecule has 0 amide bonds. The van der Waals surface area contributed by atoms with Crippen LogP contribution in [0.25, 0.3) is 0 Å². The largest absolute Gasteiger partial charge is 0.387 e. The van der Waals surface area contributed by atoms with Gasteiger partial charge in [0.1, 0.15) is 0 Å². The average Bonchev–Trinajstić information content (AvgIpc) is 2.14. The van der Waals surface area contributed by atoms with Crippen LogP contribution in [0.4, 0.5) is 0 Å². The molecule has 5 nitrogen and oxygen atoms in total. The van der Waals surface area contributed by atoms with Crippen molar-refractivity contribution in [1.82, 2.24) is 4.72 Å². The zero-order chi connectivity index (χ0) is 11.5. The van der Waals surface area contributed by atoms with Gasteiger partial charge in [-0.15, -0.1) is 0 Å². The Morgan fingerprint density at radius 2 is 2.07 bits per heavy atom. The van der Waals surface area contributed by atoms with Crippen LogP contribution in [0.15, 0.2) is 24.3 Å². The molecule has 4 N–H and O–H groups in total. The molecule has 0 saturated heterocycles. The fourth-order valence-corrected chi connectivity index (χ4v) is 1.70. The number of hydrogen-bond acceptors (Lipinski definition) is 3. The van der Waals surface area contributed by atoms with Crippen LogP contribution >= 0.6 is 11.6 Å². The number of halogens is 1. The van der Waals surface area contributed by atoms with Crippen LogP contribution in [-0.2, 0) is 10.2 Å². The monoisotopic (exact) mass is 250 g/mol. The van der Waals surface area contributed by atoms with Gasteiger partial charge in [-0.3, -0.25) is 0 Å². The molecule has 1 rings (SSSR count). The van der Waals surface area contributed by atoms with Crippen LogP contribution in [-0.4, -0.2) is 20.1 Å². The van der Waals surface area contributed by atoms with E-state index in [0.717, 1.165) is 0 Å². The lowest BCUT2D eigenvalue weighted by atomic mass is 10.1. The molecule has 0 aliphatic heterocycles. The predicted molar refractivity (Wildman–Crippen MR) is 57.5 cm³/mol. The van der Waals surface area contributed by atoms with Crippen molar-refractivity contribution in [2.75, 3.05) is 6.54 Å². The predicted octanol–water partition coefficient (Wildman–Crippen LogP) is 0.167. The molecule has 0 radical (unpaired) electrons. The smallest absolute Gasteiger partial charge is 0.274 e. The number of rotatable bonds is 4. The maximum Gasteiger partial charge on any atom is 0.274 e. The van der Waals surface area contributed by atoms with Crippen molar-refractivity contribution in [3.05, 3.63) is 34.9 Å². The second kappa shape index (κ2) is 4.91. The van der Waals surface area contributed by atoms with Crippen LogP contribution < -0.4 is 9.86 Å². The van der Waals surface area contributed by atoms with Gasteiger partial charge in [-0.25, -0.2) is 5.14 Å². The third kappa shape index (κ3) is 4.15. The van der Waals surface area contributed by atoms with Crippen LogP contribution in [0.1, 0.15) is 11.7 Å². The van der Waals surface area contributed by atoms with E-state index in [2.05, 4.69) is 0 Å². The molecule has 84 valence electrons. The van der Waals surface area contributed by atoms with Crippen molar-refractivity contribution >= 4 is 21.8 Å². The standard InChI is InChI=1S/C8H11ClN2O3S/c9-7-4-2-1-3-6(7)8(12)5-11-15(10,13)14/h1-4,8,11-12H,5H2,(H2,10,13,14). The zero-order valence-corrected chi connectivity index (χ0v) is 9.29. The number of aliphatic hydroxyl groups is 1. The summed E-state index contributed by atoms with van der Waals surface area (Å²) < 4.78 is 23.1. The van der Waals surface area contributed by atoms with Gasteiger partial charge in [0.05, 0.1) is 6.10 Å². The molecule has 0 aliphatic carbocycles. The maximum absolute atomic E-state index is 10.6. The van der Waals surface area contributed by atoms with Gasteiger partial charge in [0, 0.05) is 17.1 Å². The first-order valence-corrected chi connectivity index (χ1v) is 6.02. The highest BCUT2D eigenvalue weighted by Crippen LogP contribution is 2.21. The van der Waals surface area contributed by atoms with E-state index in [0.29, 0.717) is 10.6 Å². The minimum atomic E-state index is -3.79. The Morgan fingerprint density at radius 1 is 1.47 bits per heavy atom. The Morgan fingerprint density at radius 3 is 2.60 bits per heavy atom. The fourth-order valence-electron chi connectivity index (χ4n) is 1.05. The number of aliphatic hydroxyl groups excluding tert-OH is 1. The van der Waals surface area contributed by atoms with Crippen molar-refractivity contribution in [2.24, 2.45) is 5.14 Å². The van der Waals surface area contributed by atoms with E-state index < -0.39 is 16.3 Å². The molecular weight excluding hydrogens is 240 g/mol. The molecule has 0 bridgehead atoms. The molecule has 15 heavy (non-hydrogen) atoms. The van der Waals surface area contributed by atoms with Crippen LogP contribution in [0.3, 0.4) is 0 Å². The Balaban J connectivity index is 2.70. The fraction of sp³-hybridized carbons (Fsp3) is 0.250. The summed E-state index contributed by atoms with van der Waals surface area (Å²) in [6.07, 6.45) is -1.02. The lowest BCUT2D eigenvalue weighted by Gasteiger charge is -2.12. The summed E-state index contributed by atoms with van der Waals surface area (Å²) in [5.41, 5.74) is 0.454. The Kier molecular flexibility index (Phi) is 4.06. The molecule has 0 fully saturated rings. The second-order valence-electron chi connectivity index (χ2n) is 2.93. The maximum atomic E-state index is 10.6. The molecule has 0 heterocycles. The molecule has 0 spiro atoms. The molecule has 0 saturated carbocycles. The number of nitrogens with one attached hydrogen (secondary N) is 1. The first-order chi connectivity index (χ1) is 6.90. The van der Waals surface area contributed by atoms with Crippen LogP contribution in [0.5, 0.6) is 0 Å². The van der Waals surface area contributed by atoms with E-state index in [1.165, 1.54) is 0 Å². The van der Waals surface area contributed by atoms with Gasteiger partial charge < -0.3 is 5.11 Å². The summed E-state index contributed by atoms with van der Waals surface area (Å²) in [7, 11) is -3.79. The van der Waals surface area contributed by atoms with E-state index in [-0.39, 0.29) is 6.54 Å². The summed E-state index contributed by atoms with van der Waals surface area (Å²) in [4.78, 5) is 0. The van der Waals surface area contributed by atoms with E-state index in [9.17, 15) is 13.5 Å². The van der Waals surface area contributed by atoms with Gasteiger partial charge in [0.25, 0.3) is 10.2 Å². The summed E-state index contributed by atoms with van der Waals surface area (Å²) in [5.74, 6) is 0. The molecule has 1 atom stereocenters. The van der Waals surface area contributed by atoms with Gasteiger partial charge in [0.2, 0.25) is 0 Å². The van der Waals surface area contributed by atoms with Crippen molar-refractivity contribution in [1.29, 1.82) is 0 Å². The number of hydrogen-bond donors (Lipinski definition) is 3. The van der Waals surface area contributed by atoms with Gasteiger partial charge in [-0.05, 0) is 6.07 Å². The molecular formula is C8H11ClN2O3S. The minimum absolute atomic E-state index is 0.206. The van der Waals surface area contributed by atoms with Crippen LogP contribution in [0.2, 0.25) is 5.02 Å². The van der Waals surface area contributed by atoms with E-state index >= 15 is 0 Å². The third-order valence-corrected chi connectivity index (χ3v) is 2.66. The van der Waals surface area contributed by atoms with Crippen molar-refractivity contribution in [3.63, 3.8) is 0 Å². The van der Waals surface area contributed by atoms with Crippen LogP contribution in [0, 0.1) is 0 Å². The highest BCUT2D eigenvalue weighted by Gasteiger charge is 2.12.